The van der Waals surface area contributed by atoms with Crippen LogP contribution in [0.25, 0.3) is 0 Å². The van der Waals surface area contributed by atoms with Crippen LogP contribution in [0.1, 0.15) is 37.1 Å². The summed E-state index contributed by atoms with van der Waals surface area (Å²) in [5, 5.41) is 2.98. The van der Waals surface area contributed by atoms with E-state index in [9.17, 15) is 4.79 Å². The van der Waals surface area contributed by atoms with Crippen molar-refractivity contribution in [2.75, 3.05) is 0 Å². The summed E-state index contributed by atoms with van der Waals surface area (Å²) in [6.45, 7) is 0. The zero-order valence-electron chi connectivity index (χ0n) is 10.5. The lowest BCUT2D eigenvalue weighted by molar-refractivity contribution is -0.135. The highest BCUT2D eigenvalue weighted by molar-refractivity contribution is 7.09. The van der Waals surface area contributed by atoms with Gasteiger partial charge in [0.2, 0.25) is 0 Å². The molecular weight excluding hydrogens is 242 g/mol. The number of rotatable bonds is 3. The minimum atomic E-state index is 0.377. The Morgan fingerprint density at radius 1 is 1.17 bits per heavy atom. The number of thiazole rings is 1. The Kier molecular flexibility index (Phi) is 2.58. The quantitative estimate of drug-likeness (QED) is 0.835. The smallest absolute Gasteiger partial charge is 0.143 e. The maximum Gasteiger partial charge on any atom is 0.143 e. The van der Waals surface area contributed by atoms with Gasteiger partial charge in [-0.3, -0.25) is 4.79 Å². The summed E-state index contributed by atoms with van der Waals surface area (Å²) in [5.41, 5.74) is 0. The van der Waals surface area contributed by atoms with Gasteiger partial charge < -0.3 is 0 Å². The highest BCUT2D eigenvalue weighted by Crippen LogP contribution is 2.56. The summed E-state index contributed by atoms with van der Waals surface area (Å²) in [6.07, 6.45) is 9.19. The first-order chi connectivity index (χ1) is 8.79. The molecule has 0 spiro atoms. The largest absolute Gasteiger partial charge is 0.299 e. The lowest BCUT2D eigenvalue weighted by atomic mass is 9.51. The number of Topliss-reactive ketones (excluding diaryl/α,β-unsaturated/α-hetero) is 1. The van der Waals surface area contributed by atoms with Crippen LogP contribution in [-0.2, 0) is 11.2 Å². The predicted molar refractivity (Wildman–Crippen MR) is 71.4 cm³/mol. The zero-order valence-corrected chi connectivity index (χ0v) is 11.4. The number of carbonyl (C=O) groups is 1. The summed E-state index contributed by atoms with van der Waals surface area (Å²) >= 11 is 1.62. The number of ketones is 1. The molecule has 3 heteroatoms. The Balaban J connectivity index is 1.52. The van der Waals surface area contributed by atoms with Crippen LogP contribution in [0.2, 0.25) is 0 Å². The molecule has 4 aliphatic rings. The van der Waals surface area contributed by atoms with Crippen LogP contribution in [0, 0.1) is 29.6 Å². The van der Waals surface area contributed by atoms with Gasteiger partial charge in [0.05, 0.1) is 11.4 Å². The van der Waals surface area contributed by atoms with E-state index in [1.165, 1.54) is 32.1 Å². The average molecular weight is 261 g/mol. The molecule has 4 saturated carbocycles. The van der Waals surface area contributed by atoms with Crippen LogP contribution in [0.5, 0.6) is 0 Å². The van der Waals surface area contributed by atoms with Gasteiger partial charge in [0.25, 0.3) is 0 Å². The minimum absolute atomic E-state index is 0.377. The van der Waals surface area contributed by atoms with Crippen LogP contribution in [0.15, 0.2) is 11.6 Å². The molecule has 0 aliphatic heterocycles. The van der Waals surface area contributed by atoms with Gasteiger partial charge >= 0.3 is 0 Å². The van der Waals surface area contributed by atoms with Crippen molar-refractivity contribution in [2.24, 2.45) is 29.6 Å². The van der Waals surface area contributed by atoms with Gasteiger partial charge in [-0.2, -0.15) is 0 Å². The Morgan fingerprint density at radius 3 is 2.39 bits per heavy atom. The first-order valence-corrected chi connectivity index (χ1v) is 8.08. The maximum atomic E-state index is 12.6. The Labute approximate surface area is 112 Å². The van der Waals surface area contributed by atoms with E-state index in [1.54, 1.807) is 11.3 Å². The minimum Gasteiger partial charge on any atom is -0.299 e. The standard InChI is InChI=1S/C15H19NOS/c17-13(8-14-16-1-2-18-14)15-11-4-9-3-10(6-11)7-12(15)5-9/h1-2,9-12,15H,3-8H2. The topological polar surface area (TPSA) is 30.0 Å². The molecule has 0 amide bonds. The highest BCUT2D eigenvalue weighted by Gasteiger charge is 2.50. The molecule has 0 N–H and O–H groups in total. The average Bonchev–Trinajstić information content (AvgIpc) is 2.80. The molecule has 1 heterocycles. The van der Waals surface area contributed by atoms with Gasteiger partial charge in [0.15, 0.2) is 0 Å². The normalized spacial score (nSPS) is 41.2. The molecular formula is C15H19NOS. The van der Waals surface area contributed by atoms with Crippen molar-refractivity contribution < 1.29 is 4.79 Å². The van der Waals surface area contributed by atoms with E-state index in [2.05, 4.69) is 4.98 Å². The van der Waals surface area contributed by atoms with Gasteiger partial charge in [-0.15, -0.1) is 11.3 Å². The first kappa shape index (κ1) is 11.2. The number of nitrogens with zero attached hydrogens (tertiary/aromatic N) is 1. The first-order valence-electron chi connectivity index (χ1n) is 7.20. The Bertz CT molecular complexity index is 425. The summed E-state index contributed by atoms with van der Waals surface area (Å²) in [4.78, 5) is 16.8. The highest BCUT2D eigenvalue weighted by atomic mass is 32.1. The van der Waals surface area contributed by atoms with Gasteiger partial charge in [0.1, 0.15) is 5.78 Å². The van der Waals surface area contributed by atoms with E-state index in [0.29, 0.717) is 30.0 Å². The van der Waals surface area contributed by atoms with Crippen molar-refractivity contribution in [3.63, 3.8) is 0 Å². The van der Waals surface area contributed by atoms with Crippen molar-refractivity contribution in [2.45, 2.75) is 38.5 Å². The third-order valence-electron chi connectivity index (χ3n) is 5.41. The van der Waals surface area contributed by atoms with Gasteiger partial charge in [-0.05, 0) is 55.8 Å². The summed E-state index contributed by atoms with van der Waals surface area (Å²) < 4.78 is 0. The summed E-state index contributed by atoms with van der Waals surface area (Å²) in [6, 6.07) is 0. The summed E-state index contributed by atoms with van der Waals surface area (Å²) in [7, 11) is 0. The molecule has 5 rings (SSSR count). The second-order valence-corrected chi connectivity index (χ2v) is 7.50. The van der Waals surface area contributed by atoms with Crippen molar-refractivity contribution in [3.05, 3.63) is 16.6 Å². The third kappa shape index (κ3) is 1.75. The molecule has 0 aromatic carbocycles. The van der Waals surface area contributed by atoms with E-state index in [4.69, 9.17) is 0 Å². The fourth-order valence-corrected chi connectivity index (χ4v) is 5.68. The number of aromatic nitrogens is 1. The van der Waals surface area contributed by atoms with Crippen molar-refractivity contribution in [1.29, 1.82) is 0 Å². The second-order valence-electron chi connectivity index (χ2n) is 6.53. The molecule has 2 nitrogen and oxygen atoms in total. The van der Waals surface area contributed by atoms with Crippen LogP contribution < -0.4 is 0 Å². The molecule has 4 aliphatic carbocycles. The third-order valence-corrected chi connectivity index (χ3v) is 6.19. The zero-order chi connectivity index (χ0) is 12.1. The summed E-state index contributed by atoms with van der Waals surface area (Å²) in [5.74, 6) is 4.20. The van der Waals surface area contributed by atoms with Gasteiger partial charge in [-0.25, -0.2) is 4.98 Å². The number of carbonyl (C=O) groups excluding carboxylic acids is 1. The molecule has 4 fully saturated rings. The lowest BCUT2D eigenvalue weighted by Crippen LogP contribution is -2.48. The molecule has 0 unspecified atom stereocenters. The van der Waals surface area contributed by atoms with E-state index < -0.39 is 0 Å². The predicted octanol–water partition coefficient (Wildman–Crippen LogP) is 3.33. The van der Waals surface area contributed by atoms with E-state index in [0.717, 1.165) is 16.8 Å². The molecule has 0 atom stereocenters. The monoisotopic (exact) mass is 261 g/mol. The molecule has 4 bridgehead atoms. The number of hydrogen-bond donors (Lipinski definition) is 0. The molecule has 0 saturated heterocycles. The van der Waals surface area contributed by atoms with Gasteiger partial charge in [-0.1, -0.05) is 0 Å². The SMILES string of the molecule is O=C(Cc1nccs1)C1C2CC3CC(C2)CC1C3. The van der Waals surface area contributed by atoms with Crippen molar-refractivity contribution in [1.82, 2.24) is 4.98 Å². The molecule has 18 heavy (non-hydrogen) atoms. The van der Waals surface area contributed by atoms with E-state index >= 15 is 0 Å². The van der Waals surface area contributed by atoms with Crippen molar-refractivity contribution in [3.8, 4) is 0 Å². The van der Waals surface area contributed by atoms with Crippen LogP contribution in [0.4, 0.5) is 0 Å². The molecule has 1 aromatic heterocycles. The molecule has 0 radical (unpaired) electrons. The van der Waals surface area contributed by atoms with E-state index in [1.807, 2.05) is 11.6 Å². The van der Waals surface area contributed by atoms with E-state index in [-0.39, 0.29) is 0 Å². The number of hydrogen-bond acceptors (Lipinski definition) is 3. The van der Waals surface area contributed by atoms with Crippen molar-refractivity contribution >= 4 is 17.1 Å². The Hall–Kier alpha value is -0.700. The lowest BCUT2D eigenvalue weighted by Gasteiger charge is -2.53. The Morgan fingerprint density at radius 2 is 1.83 bits per heavy atom. The van der Waals surface area contributed by atoms with Crippen LogP contribution in [0.3, 0.4) is 0 Å². The van der Waals surface area contributed by atoms with Gasteiger partial charge in [0, 0.05) is 17.5 Å². The molecule has 96 valence electrons. The van der Waals surface area contributed by atoms with Crippen LogP contribution in [-0.4, -0.2) is 10.8 Å². The second kappa shape index (κ2) is 4.16. The van der Waals surface area contributed by atoms with Crippen LogP contribution >= 0.6 is 11.3 Å². The molecule has 1 aromatic rings. The fourth-order valence-electron chi connectivity index (χ4n) is 5.06. The fraction of sp³-hybridized carbons (Fsp3) is 0.733. The maximum absolute atomic E-state index is 12.6.